The Labute approximate surface area is 115 Å². The highest BCUT2D eigenvalue weighted by Gasteiger charge is 2.24. The molecule has 0 spiro atoms. The van der Waals surface area contributed by atoms with E-state index < -0.39 is 0 Å². The molecule has 0 heterocycles. The van der Waals surface area contributed by atoms with Crippen LogP contribution in [-0.4, -0.2) is 30.7 Å². The van der Waals surface area contributed by atoms with Gasteiger partial charge in [-0.15, -0.1) is 0 Å². The summed E-state index contributed by atoms with van der Waals surface area (Å²) in [5.41, 5.74) is 0. The molecule has 0 N–H and O–H groups in total. The predicted octanol–water partition coefficient (Wildman–Crippen LogP) is 2.01. The first-order chi connectivity index (χ1) is 8.24. The maximum atomic E-state index is 2.33. The van der Waals surface area contributed by atoms with Crippen LogP contribution in [0.5, 0.6) is 0 Å². The van der Waals surface area contributed by atoms with Crippen LogP contribution >= 0.6 is 0 Å². The van der Waals surface area contributed by atoms with Gasteiger partial charge in [-0.05, 0) is 25.7 Å². The van der Waals surface area contributed by atoms with E-state index >= 15 is 0 Å². The Morgan fingerprint density at radius 2 is 0.722 bits per heavy atom. The van der Waals surface area contributed by atoms with E-state index in [1.54, 1.807) is 0 Å². The smallest absolute Gasteiger partial charge is 0.0786 e. The molecule has 0 aromatic heterocycles. The molecule has 0 aliphatic heterocycles. The Hall–Kier alpha value is -0.110. The van der Waals surface area contributed by atoms with Crippen molar-refractivity contribution in [1.29, 1.82) is 0 Å². The maximum Gasteiger partial charge on any atom is 0.0786 e. The molecule has 0 unspecified atom stereocenters. The number of quaternary nitrogens is 1. The summed E-state index contributed by atoms with van der Waals surface area (Å²) in [7, 11) is 0. The lowest BCUT2D eigenvalue weighted by Crippen LogP contribution is -3.00. The molecule has 0 saturated heterocycles. The molecular weight excluding hydrogens is 224 g/mol. The van der Waals surface area contributed by atoms with E-state index in [1.807, 2.05) is 0 Å². The number of hydrogen-bond donors (Lipinski definition) is 0. The lowest BCUT2D eigenvalue weighted by molar-refractivity contribution is -0.929. The van der Waals surface area contributed by atoms with Gasteiger partial charge in [0, 0.05) is 0 Å². The monoisotopic (exact) mass is 260 g/mol. The average molecular weight is 260 g/mol. The number of unbranched alkanes of at least 4 members (excludes halogenated alkanes) is 4. The standard InChI is InChI=1S/C16H36N.FH/c1-5-9-13-17(14-10-6-2,15-11-7-3)16-12-8-4;/h5-16H2,1-4H3;1H/q+1;/p-1/i;1-1. The molecule has 0 amide bonds. The highest BCUT2D eigenvalue weighted by atomic mass is 18.0. The lowest BCUT2D eigenvalue weighted by atomic mass is 10.1. The second kappa shape index (κ2) is 13.3. The second-order valence-electron chi connectivity index (χ2n) is 5.65. The Balaban J connectivity index is 0. The molecule has 0 aliphatic rings. The summed E-state index contributed by atoms with van der Waals surface area (Å²) in [5.74, 6) is 0. The van der Waals surface area contributed by atoms with Crippen LogP contribution in [0.1, 0.15) is 79.1 Å². The van der Waals surface area contributed by atoms with Gasteiger partial charge in [-0.1, -0.05) is 53.4 Å². The number of nitrogens with zero attached hydrogens (tertiary/aromatic N) is 1. The molecule has 1 nitrogen and oxygen atoms in total. The summed E-state index contributed by atoms with van der Waals surface area (Å²) in [6.45, 7) is 15.0. The highest BCUT2D eigenvalue weighted by Crippen LogP contribution is 2.16. The number of rotatable bonds is 12. The summed E-state index contributed by atoms with van der Waals surface area (Å²) in [5, 5.41) is 0. The van der Waals surface area contributed by atoms with Gasteiger partial charge >= 0.3 is 0 Å². The van der Waals surface area contributed by atoms with Crippen molar-refractivity contribution >= 4 is 0 Å². The van der Waals surface area contributed by atoms with Gasteiger partial charge in [0.2, 0.25) is 0 Å². The van der Waals surface area contributed by atoms with Crippen molar-refractivity contribution in [2.45, 2.75) is 79.1 Å². The Morgan fingerprint density at radius 3 is 0.889 bits per heavy atom. The molecule has 0 fully saturated rings. The van der Waals surface area contributed by atoms with E-state index in [0.29, 0.717) is 0 Å². The first-order valence-electron chi connectivity index (χ1n) is 8.09. The molecule has 0 aromatic carbocycles. The molecule has 0 radical (unpaired) electrons. The fourth-order valence-corrected chi connectivity index (χ4v) is 2.64. The van der Waals surface area contributed by atoms with Gasteiger partial charge in [-0.25, -0.2) is 0 Å². The molecule has 18 heavy (non-hydrogen) atoms. The van der Waals surface area contributed by atoms with Crippen molar-refractivity contribution in [3.8, 4) is 0 Å². The van der Waals surface area contributed by atoms with Crippen LogP contribution in [0.2, 0.25) is 0 Å². The molecule has 0 rings (SSSR count). The Kier molecular flexibility index (Phi) is 15.0. The largest absolute Gasteiger partial charge is 1.00 e. The van der Waals surface area contributed by atoms with Gasteiger partial charge < -0.3 is 9.19 Å². The number of hydrogen-bond acceptors (Lipinski definition) is 0. The zero-order valence-corrected chi connectivity index (χ0v) is 13.3. The SMILES string of the molecule is CCCC[N+](CCCC)(CCCC)CCCC.[18F-]. The summed E-state index contributed by atoms with van der Waals surface area (Å²) in [4.78, 5) is 0. The van der Waals surface area contributed by atoms with E-state index in [9.17, 15) is 0 Å². The first kappa shape index (κ1) is 20.2. The third kappa shape index (κ3) is 8.91. The lowest BCUT2D eigenvalue weighted by Gasteiger charge is -2.39. The Morgan fingerprint density at radius 1 is 0.500 bits per heavy atom. The minimum absolute atomic E-state index is 0. The van der Waals surface area contributed by atoms with E-state index in [1.165, 1.54) is 82.0 Å². The van der Waals surface area contributed by atoms with Crippen LogP contribution in [0.3, 0.4) is 0 Å². The zero-order valence-electron chi connectivity index (χ0n) is 13.3. The van der Waals surface area contributed by atoms with Gasteiger partial charge in [0.1, 0.15) is 0 Å². The normalized spacial score (nSPS) is 11.3. The molecule has 2 heteroatoms. The van der Waals surface area contributed by atoms with Crippen molar-refractivity contribution in [1.82, 2.24) is 0 Å². The van der Waals surface area contributed by atoms with Crippen molar-refractivity contribution in [3.05, 3.63) is 0 Å². The maximum absolute atomic E-state index is 2.33. The summed E-state index contributed by atoms with van der Waals surface area (Å²) in [6, 6.07) is 0. The van der Waals surface area contributed by atoms with Crippen LogP contribution in [-0.2, 0) is 0 Å². The van der Waals surface area contributed by atoms with Gasteiger partial charge in [-0.2, -0.15) is 0 Å². The van der Waals surface area contributed by atoms with E-state index in [-0.39, 0.29) is 4.70 Å². The average Bonchev–Trinajstić information content (AvgIpc) is 2.37. The summed E-state index contributed by atoms with van der Waals surface area (Å²) in [6.07, 6.45) is 11.1. The van der Waals surface area contributed by atoms with Gasteiger partial charge in [0.05, 0.1) is 26.2 Å². The van der Waals surface area contributed by atoms with E-state index in [4.69, 9.17) is 0 Å². The van der Waals surface area contributed by atoms with Crippen LogP contribution in [0.25, 0.3) is 0 Å². The quantitative estimate of drug-likeness (QED) is 0.471. The number of halogens is 1. The predicted molar refractivity (Wildman–Crippen MR) is 79.4 cm³/mol. The van der Waals surface area contributed by atoms with Crippen molar-refractivity contribution < 1.29 is 9.19 Å². The van der Waals surface area contributed by atoms with Crippen molar-refractivity contribution in [3.63, 3.8) is 0 Å². The summed E-state index contributed by atoms with van der Waals surface area (Å²) < 4.78 is 1.42. The molecular formula is C16H36FN. The highest BCUT2D eigenvalue weighted by molar-refractivity contribution is 4.49. The van der Waals surface area contributed by atoms with E-state index in [0.717, 1.165) is 0 Å². The van der Waals surface area contributed by atoms with Crippen LogP contribution in [0, 0.1) is 0 Å². The molecule has 0 saturated carbocycles. The minimum atomic E-state index is 0. The third-order valence-electron chi connectivity index (χ3n) is 3.94. The summed E-state index contributed by atoms with van der Waals surface area (Å²) >= 11 is 0. The Bertz CT molecular complexity index is 122. The van der Waals surface area contributed by atoms with Gasteiger partial charge in [0.15, 0.2) is 0 Å². The minimum Gasteiger partial charge on any atom is -1.00 e. The van der Waals surface area contributed by atoms with Crippen LogP contribution in [0.4, 0.5) is 0 Å². The molecule has 112 valence electrons. The molecule has 0 aliphatic carbocycles. The zero-order chi connectivity index (χ0) is 13.0. The topological polar surface area (TPSA) is 0 Å². The second-order valence-corrected chi connectivity index (χ2v) is 5.65. The van der Waals surface area contributed by atoms with Gasteiger partial charge in [-0.3, -0.25) is 0 Å². The molecule has 0 aromatic rings. The van der Waals surface area contributed by atoms with Crippen LogP contribution < -0.4 is 4.70 Å². The van der Waals surface area contributed by atoms with Crippen molar-refractivity contribution in [2.24, 2.45) is 0 Å². The van der Waals surface area contributed by atoms with Crippen LogP contribution in [0.15, 0.2) is 0 Å². The van der Waals surface area contributed by atoms with E-state index in [2.05, 4.69) is 27.7 Å². The molecule has 0 bridgehead atoms. The fourth-order valence-electron chi connectivity index (χ4n) is 2.64. The van der Waals surface area contributed by atoms with Gasteiger partial charge in [0.25, 0.3) is 0 Å². The van der Waals surface area contributed by atoms with Crippen molar-refractivity contribution in [2.75, 3.05) is 26.2 Å². The first-order valence-corrected chi connectivity index (χ1v) is 8.09. The third-order valence-corrected chi connectivity index (χ3v) is 3.94. The fraction of sp³-hybridized carbons (Fsp3) is 1.00. The molecule has 0 atom stereocenters.